The molecule has 1 aromatic heterocycles. The molecule has 8 nitrogen and oxygen atoms in total. The van der Waals surface area contributed by atoms with Gasteiger partial charge in [0.2, 0.25) is 0 Å². The third kappa shape index (κ3) is 6.45. The van der Waals surface area contributed by atoms with Crippen molar-refractivity contribution in [1.82, 2.24) is 4.57 Å². The molecule has 0 saturated heterocycles. The smallest absolute Gasteiger partial charge is 0.338 e. The lowest BCUT2D eigenvalue weighted by atomic mass is 9.95. The van der Waals surface area contributed by atoms with Crippen LogP contribution in [0.25, 0.3) is 6.08 Å². The number of thiazole rings is 1. The Balaban J connectivity index is 1.57. The van der Waals surface area contributed by atoms with E-state index in [-0.39, 0.29) is 36.3 Å². The summed E-state index contributed by atoms with van der Waals surface area (Å²) in [4.78, 5) is 32.4. The highest BCUT2D eigenvalue weighted by Crippen LogP contribution is 2.36. The third-order valence-electron chi connectivity index (χ3n) is 6.86. The molecule has 5 rings (SSSR count). The Bertz CT molecular complexity index is 1910. The van der Waals surface area contributed by atoms with Gasteiger partial charge in [-0.05, 0) is 75.2 Å². The van der Waals surface area contributed by atoms with E-state index in [1.807, 2.05) is 38.1 Å². The number of halogens is 1. The summed E-state index contributed by atoms with van der Waals surface area (Å²) in [6.07, 6.45) is 1.62. The van der Waals surface area contributed by atoms with Crippen molar-refractivity contribution >= 4 is 23.4 Å². The molecule has 4 aromatic rings. The molecule has 10 heteroatoms. The van der Waals surface area contributed by atoms with Gasteiger partial charge in [0, 0.05) is 5.56 Å². The van der Waals surface area contributed by atoms with Crippen LogP contribution in [0, 0.1) is 5.82 Å². The van der Waals surface area contributed by atoms with Gasteiger partial charge >= 0.3 is 5.97 Å². The minimum absolute atomic E-state index is 0.126. The maximum absolute atomic E-state index is 14.1. The molecule has 0 spiro atoms. The number of carbonyl (C=O) groups is 1. The van der Waals surface area contributed by atoms with Gasteiger partial charge in [-0.15, -0.1) is 0 Å². The quantitative estimate of drug-likeness (QED) is 0.225. The van der Waals surface area contributed by atoms with Gasteiger partial charge in [0.1, 0.15) is 24.2 Å². The fraction of sp³-hybridized carbons (Fsp3) is 0.265. The van der Waals surface area contributed by atoms with Gasteiger partial charge in [-0.3, -0.25) is 9.36 Å². The number of hydrogen-bond acceptors (Lipinski definition) is 8. The van der Waals surface area contributed by atoms with Crippen molar-refractivity contribution < 1.29 is 28.1 Å². The van der Waals surface area contributed by atoms with Crippen molar-refractivity contribution in [3.8, 4) is 17.2 Å². The van der Waals surface area contributed by atoms with Crippen molar-refractivity contribution in [2.45, 2.75) is 46.4 Å². The van der Waals surface area contributed by atoms with E-state index < -0.39 is 12.0 Å². The lowest BCUT2D eigenvalue weighted by molar-refractivity contribution is -0.139. The zero-order valence-corrected chi connectivity index (χ0v) is 25.9. The lowest BCUT2D eigenvalue weighted by Gasteiger charge is -2.26. The molecule has 44 heavy (non-hydrogen) atoms. The molecule has 0 bridgehead atoms. The normalized spacial score (nSPS) is 14.7. The molecule has 0 aliphatic carbocycles. The average molecular weight is 617 g/mol. The molecule has 0 radical (unpaired) electrons. The highest BCUT2D eigenvalue weighted by Gasteiger charge is 2.35. The van der Waals surface area contributed by atoms with Crippen molar-refractivity contribution in [2.75, 3.05) is 13.7 Å². The second-order valence-corrected chi connectivity index (χ2v) is 11.3. The predicted octanol–water partition coefficient (Wildman–Crippen LogP) is 5.31. The van der Waals surface area contributed by atoms with E-state index >= 15 is 0 Å². The van der Waals surface area contributed by atoms with E-state index in [1.165, 1.54) is 35.1 Å². The first kappa shape index (κ1) is 30.7. The topological polar surface area (TPSA) is 88.4 Å². The highest BCUT2D eigenvalue weighted by atomic mass is 32.1. The van der Waals surface area contributed by atoms with Crippen LogP contribution in [0.1, 0.15) is 50.4 Å². The van der Waals surface area contributed by atoms with Crippen LogP contribution in [0.4, 0.5) is 4.39 Å². The van der Waals surface area contributed by atoms with E-state index in [9.17, 15) is 14.0 Å². The van der Waals surface area contributed by atoms with Crippen LogP contribution in [-0.4, -0.2) is 30.4 Å². The molecular weight excluding hydrogens is 583 g/mol. The van der Waals surface area contributed by atoms with Gasteiger partial charge in [-0.1, -0.05) is 47.7 Å². The molecule has 3 aromatic carbocycles. The molecule has 0 saturated carbocycles. The number of aromatic nitrogens is 1. The molecular formula is C34H33FN2O6S. The summed E-state index contributed by atoms with van der Waals surface area (Å²) < 4.78 is 38.5. The van der Waals surface area contributed by atoms with Gasteiger partial charge in [0.15, 0.2) is 16.3 Å². The van der Waals surface area contributed by atoms with E-state index in [0.717, 1.165) is 0 Å². The first-order valence-corrected chi connectivity index (χ1v) is 15.0. The fourth-order valence-electron chi connectivity index (χ4n) is 4.99. The third-order valence-corrected chi connectivity index (χ3v) is 7.85. The minimum Gasteiger partial charge on any atom is -0.493 e. The van der Waals surface area contributed by atoms with Crippen LogP contribution in [0.15, 0.2) is 87.8 Å². The van der Waals surface area contributed by atoms with E-state index in [1.54, 1.807) is 50.3 Å². The average Bonchev–Trinajstić information content (AvgIpc) is 3.29. The van der Waals surface area contributed by atoms with Crippen molar-refractivity contribution in [3.05, 3.63) is 120 Å². The number of ether oxygens (including phenoxy) is 4. The first-order valence-electron chi connectivity index (χ1n) is 14.2. The zero-order chi connectivity index (χ0) is 31.4. The highest BCUT2D eigenvalue weighted by molar-refractivity contribution is 7.07. The van der Waals surface area contributed by atoms with E-state index in [2.05, 4.69) is 4.99 Å². The van der Waals surface area contributed by atoms with Crippen LogP contribution in [0.3, 0.4) is 0 Å². The van der Waals surface area contributed by atoms with Crippen molar-refractivity contribution in [2.24, 2.45) is 4.99 Å². The predicted molar refractivity (Wildman–Crippen MR) is 166 cm³/mol. The van der Waals surface area contributed by atoms with Crippen molar-refractivity contribution in [1.29, 1.82) is 0 Å². The van der Waals surface area contributed by atoms with E-state index in [4.69, 9.17) is 18.9 Å². The summed E-state index contributed by atoms with van der Waals surface area (Å²) >= 11 is 1.23. The van der Waals surface area contributed by atoms with Gasteiger partial charge in [0.25, 0.3) is 5.56 Å². The van der Waals surface area contributed by atoms with Crippen LogP contribution < -0.4 is 29.1 Å². The van der Waals surface area contributed by atoms with Crippen LogP contribution in [0.2, 0.25) is 0 Å². The molecule has 0 amide bonds. The summed E-state index contributed by atoms with van der Waals surface area (Å²) in [7, 11) is 1.53. The number of esters is 1. The number of allylic oxidation sites excluding steroid dienone is 1. The van der Waals surface area contributed by atoms with Gasteiger partial charge in [0.05, 0.1) is 35.6 Å². The molecule has 0 unspecified atom stereocenters. The van der Waals surface area contributed by atoms with E-state index in [0.29, 0.717) is 49.0 Å². The molecule has 228 valence electrons. The zero-order valence-electron chi connectivity index (χ0n) is 25.1. The lowest BCUT2D eigenvalue weighted by Crippen LogP contribution is -2.40. The van der Waals surface area contributed by atoms with Gasteiger partial charge in [-0.25, -0.2) is 14.2 Å². The molecule has 0 fully saturated rings. The molecule has 2 heterocycles. The van der Waals surface area contributed by atoms with Gasteiger partial charge < -0.3 is 18.9 Å². The Hall–Kier alpha value is -4.70. The van der Waals surface area contributed by atoms with Crippen LogP contribution >= 0.6 is 11.3 Å². The Morgan fingerprint density at radius 1 is 1.07 bits per heavy atom. The number of carbonyl (C=O) groups excluding carboxylic acids is 1. The fourth-order valence-corrected chi connectivity index (χ4v) is 6.03. The monoisotopic (exact) mass is 616 g/mol. The number of hydrogen-bond donors (Lipinski definition) is 0. The summed E-state index contributed by atoms with van der Waals surface area (Å²) in [5, 5.41) is 0. The summed E-state index contributed by atoms with van der Waals surface area (Å²) in [5.74, 6) is 0.633. The SMILES string of the molecule is CCOC(=O)C1=C(C)N=c2s/c(=C/c3ccc(OCc4cccc(F)c4)c(OC)c3)c(=O)n2[C@H]1c1ccccc1OC(C)C. The second-order valence-electron chi connectivity index (χ2n) is 10.3. The number of nitrogens with zero attached hydrogens (tertiary/aromatic N) is 2. The summed E-state index contributed by atoms with van der Waals surface area (Å²) in [6.45, 7) is 7.66. The number of rotatable bonds is 10. The van der Waals surface area contributed by atoms with Crippen molar-refractivity contribution in [3.63, 3.8) is 0 Å². The maximum Gasteiger partial charge on any atom is 0.338 e. The summed E-state index contributed by atoms with van der Waals surface area (Å²) in [6, 6.07) is 18.1. The molecule has 0 N–H and O–H groups in total. The molecule has 1 atom stereocenters. The molecule has 1 aliphatic heterocycles. The molecule has 1 aliphatic rings. The maximum atomic E-state index is 14.1. The van der Waals surface area contributed by atoms with Gasteiger partial charge in [-0.2, -0.15) is 0 Å². The number of methoxy groups -OCH3 is 1. The summed E-state index contributed by atoms with van der Waals surface area (Å²) in [5.41, 5.74) is 2.50. The number of fused-ring (bicyclic) bond motifs is 1. The van der Waals surface area contributed by atoms with Crippen LogP contribution in [0.5, 0.6) is 17.2 Å². The second kappa shape index (κ2) is 13.3. The standard InChI is InChI=1S/C34H33FN2O6S/c1-6-41-33(39)30-21(4)36-34-37(31(30)25-12-7-8-13-26(25)43-20(2)3)32(38)29(44-34)18-22-14-15-27(28(17-22)40-5)42-19-23-10-9-11-24(35)16-23/h7-18,20,31H,6,19H2,1-5H3/b29-18+/t31-/m0/s1. The Morgan fingerprint density at radius 2 is 1.86 bits per heavy atom. The number of para-hydroxylation sites is 1. The Labute approximate surface area is 258 Å². The Morgan fingerprint density at radius 3 is 2.59 bits per heavy atom. The van der Waals surface area contributed by atoms with Crippen LogP contribution in [-0.2, 0) is 16.1 Å². The minimum atomic E-state index is -0.796. The largest absolute Gasteiger partial charge is 0.493 e. The number of benzene rings is 3. The Kier molecular flexibility index (Phi) is 9.29. The first-order chi connectivity index (χ1) is 21.2.